The predicted octanol–water partition coefficient (Wildman–Crippen LogP) is 2.96. The Morgan fingerprint density at radius 2 is 2.05 bits per heavy atom. The number of hydrogen-bond acceptors (Lipinski definition) is 5. The van der Waals surface area contributed by atoms with Crippen LogP contribution in [0.5, 0.6) is 0 Å². The van der Waals surface area contributed by atoms with Crippen LogP contribution in [0, 0.1) is 27.3 Å². The van der Waals surface area contributed by atoms with Crippen LogP contribution >= 0.6 is 0 Å². The SMILES string of the molecule is N#Cc1ccc(COC(=O)c2ccccc2[N+](=O)[O-])c(F)c1. The fourth-order valence-corrected chi connectivity index (χ4v) is 1.76. The van der Waals surface area contributed by atoms with Gasteiger partial charge in [0.2, 0.25) is 0 Å². The number of para-hydroxylation sites is 1. The fraction of sp³-hybridized carbons (Fsp3) is 0.0667. The van der Waals surface area contributed by atoms with Gasteiger partial charge in [0.05, 0.1) is 16.6 Å². The number of benzene rings is 2. The average Bonchev–Trinajstić information content (AvgIpc) is 2.53. The summed E-state index contributed by atoms with van der Waals surface area (Å²) in [6.07, 6.45) is 0. The van der Waals surface area contributed by atoms with Crippen LogP contribution < -0.4 is 0 Å². The zero-order valence-electron chi connectivity index (χ0n) is 11.2. The lowest BCUT2D eigenvalue weighted by Crippen LogP contribution is -2.09. The molecule has 2 aromatic rings. The molecule has 0 spiro atoms. The highest BCUT2D eigenvalue weighted by Crippen LogP contribution is 2.19. The Morgan fingerprint density at radius 3 is 2.68 bits per heavy atom. The lowest BCUT2D eigenvalue weighted by Gasteiger charge is -2.06. The molecule has 22 heavy (non-hydrogen) atoms. The topological polar surface area (TPSA) is 93.2 Å². The van der Waals surface area contributed by atoms with Gasteiger partial charge in [-0.15, -0.1) is 0 Å². The van der Waals surface area contributed by atoms with E-state index in [4.69, 9.17) is 10.00 Å². The van der Waals surface area contributed by atoms with Crippen molar-refractivity contribution < 1.29 is 18.8 Å². The Morgan fingerprint density at radius 1 is 1.32 bits per heavy atom. The first-order valence-electron chi connectivity index (χ1n) is 6.12. The van der Waals surface area contributed by atoms with Crippen molar-refractivity contribution in [1.29, 1.82) is 5.26 Å². The molecule has 7 heteroatoms. The first-order valence-corrected chi connectivity index (χ1v) is 6.12. The van der Waals surface area contributed by atoms with E-state index in [1.165, 1.54) is 36.4 Å². The molecule has 0 N–H and O–H groups in total. The molecule has 6 nitrogen and oxygen atoms in total. The van der Waals surface area contributed by atoms with Gasteiger partial charge < -0.3 is 4.74 Å². The number of rotatable bonds is 4. The van der Waals surface area contributed by atoms with E-state index in [2.05, 4.69) is 0 Å². The zero-order chi connectivity index (χ0) is 16.1. The molecule has 0 aliphatic carbocycles. The maximum absolute atomic E-state index is 13.6. The van der Waals surface area contributed by atoms with Crippen molar-refractivity contribution in [2.24, 2.45) is 0 Å². The standard InChI is InChI=1S/C15H9FN2O4/c16-13-7-10(8-17)5-6-11(13)9-22-15(19)12-3-1-2-4-14(12)18(20)21/h1-7H,9H2. The minimum atomic E-state index is -0.920. The van der Waals surface area contributed by atoms with Crippen LogP contribution in [0.3, 0.4) is 0 Å². The second kappa shape index (κ2) is 6.45. The Hall–Kier alpha value is -3.27. The molecule has 110 valence electrons. The molecule has 0 unspecified atom stereocenters. The molecule has 0 amide bonds. The lowest BCUT2D eigenvalue weighted by molar-refractivity contribution is -0.385. The number of carbonyl (C=O) groups excluding carboxylic acids is 1. The van der Waals surface area contributed by atoms with Gasteiger partial charge in [-0.25, -0.2) is 9.18 Å². The van der Waals surface area contributed by atoms with Crippen molar-refractivity contribution in [3.05, 3.63) is 75.1 Å². The third kappa shape index (κ3) is 3.24. The summed E-state index contributed by atoms with van der Waals surface area (Å²) in [5.74, 6) is -1.61. The second-order valence-corrected chi connectivity index (χ2v) is 4.27. The van der Waals surface area contributed by atoms with Crippen LogP contribution in [0.15, 0.2) is 42.5 Å². The largest absolute Gasteiger partial charge is 0.457 e. The van der Waals surface area contributed by atoms with E-state index >= 15 is 0 Å². The summed E-state index contributed by atoms with van der Waals surface area (Å²) in [7, 11) is 0. The van der Waals surface area contributed by atoms with Crippen molar-refractivity contribution in [3.8, 4) is 6.07 Å². The quantitative estimate of drug-likeness (QED) is 0.491. The van der Waals surface area contributed by atoms with Crippen LogP contribution in [0.4, 0.5) is 10.1 Å². The monoisotopic (exact) mass is 300 g/mol. The Bertz CT molecular complexity index is 783. The first-order chi connectivity index (χ1) is 10.5. The highest BCUT2D eigenvalue weighted by molar-refractivity contribution is 5.93. The molecule has 0 aliphatic rings. The summed E-state index contributed by atoms with van der Waals surface area (Å²) < 4.78 is 18.5. The van der Waals surface area contributed by atoms with E-state index in [-0.39, 0.29) is 29.0 Å². The fourth-order valence-electron chi connectivity index (χ4n) is 1.76. The van der Waals surface area contributed by atoms with Gasteiger partial charge in [-0.3, -0.25) is 10.1 Å². The molecule has 0 bridgehead atoms. The number of nitriles is 1. The maximum atomic E-state index is 13.6. The van der Waals surface area contributed by atoms with Gasteiger partial charge in [-0.05, 0) is 18.2 Å². The van der Waals surface area contributed by atoms with E-state index < -0.39 is 16.7 Å². The molecule has 0 aromatic heterocycles. The minimum absolute atomic E-state index is 0.0749. The summed E-state index contributed by atoms with van der Waals surface area (Å²) >= 11 is 0. The molecular formula is C15H9FN2O4. The summed E-state index contributed by atoms with van der Waals surface area (Å²) in [6.45, 7) is -0.386. The van der Waals surface area contributed by atoms with E-state index in [0.29, 0.717) is 0 Å². The van der Waals surface area contributed by atoms with Crippen molar-refractivity contribution in [3.63, 3.8) is 0 Å². The highest BCUT2D eigenvalue weighted by Gasteiger charge is 2.20. The number of hydrogen-bond donors (Lipinski definition) is 0. The van der Waals surface area contributed by atoms with Crippen LogP contribution in [-0.4, -0.2) is 10.9 Å². The number of esters is 1. The molecule has 0 radical (unpaired) electrons. The highest BCUT2D eigenvalue weighted by atomic mass is 19.1. The lowest BCUT2D eigenvalue weighted by atomic mass is 10.1. The maximum Gasteiger partial charge on any atom is 0.345 e. The van der Waals surface area contributed by atoms with E-state index in [1.807, 2.05) is 0 Å². The predicted molar refractivity (Wildman–Crippen MR) is 73.3 cm³/mol. The van der Waals surface area contributed by atoms with Crippen molar-refractivity contribution in [2.75, 3.05) is 0 Å². The van der Waals surface area contributed by atoms with E-state index in [0.717, 1.165) is 6.07 Å². The number of nitrogens with zero attached hydrogens (tertiary/aromatic N) is 2. The van der Waals surface area contributed by atoms with Gasteiger partial charge in [-0.1, -0.05) is 18.2 Å². The number of nitro groups is 1. The van der Waals surface area contributed by atoms with Gasteiger partial charge in [0.15, 0.2) is 0 Å². The van der Waals surface area contributed by atoms with Crippen molar-refractivity contribution in [2.45, 2.75) is 6.61 Å². The molecule has 0 aliphatic heterocycles. The Kier molecular flexibility index (Phi) is 4.44. The third-order valence-electron chi connectivity index (χ3n) is 2.86. The van der Waals surface area contributed by atoms with Crippen LogP contribution in [0.2, 0.25) is 0 Å². The molecule has 0 atom stereocenters. The van der Waals surface area contributed by atoms with Gasteiger partial charge in [0.1, 0.15) is 18.0 Å². The number of halogens is 1. The molecule has 2 rings (SSSR count). The number of nitro benzene ring substituents is 1. The molecule has 0 saturated carbocycles. The number of ether oxygens (including phenoxy) is 1. The summed E-state index contributed by atoms with van der Waals surface area (Å²) in [4.78, 5) is 22.0. The van der Waals surface area contributed by atoms with Crippen LogP contribution in [0.1, 0.15) is 21.5 Å². The molecular weight excluding hydrogens is 291 g/mol. The first kappa shape index (κ1) is 15.1. The van der Waals surface area contributed by atoms with Crippen LogP contribution in [0.25, 0.3) is 0 Å². The van der Waals surface area contributed by atoms with Crippen molar-refractivity contribution in [1.82, 2.24) is 0 Å². The normalized spacial score (nSPS) is 9.82. The Labute approximate surface area is 124 Å². The number of carbonyl (C=O) groups is 1. The molecule has 0 fully saturated rings. The second-order valence-electron chi connectivity index (χ2n) is 4.27. The van der Waals surface area contributed by atoms with Gasteiger partial charge in [-0.2, -0.15) is 5.26 Å². The molecule has 2 aromatic carbocycles. The average molecular weight is 300 g/mol. The van der Waals surface area contributed by atoms with Gasteiger partial charge in [0.25, 0.3) is 5.69 Å². The summed E-state index contributed by atoms with van der Waals surface area (Å²) in [6, 6.07) is 10.8. The van der Waals surface area contributed by atoms with Gasteiger partial charge >= 0.3 is 5.97 Å². The van der Waals surface area contributed by atoms with Gasteiger partial charge in [0, 0.05) is 11.6 Å². The summed E-state index contributed by atoms with van der Waals surface area (Å²) in [5, 5.41) is 19.5. The van der Waals surface area contributed by atoms with Crippen LogP contribution in [-0.2, 0) is 11.3 Å². The molecule has 0 saturated heterocycles. The zero-order valence-corrected chi connectivity index (χ0v) is 11.2. The van der Waals surface area contributed by atoms with E-state index in [1.54, 1.807) is 6.07 Å². The van der Waals surface area contributed by atoms with Crippen molar-refractivity contribution >= 4 is 11.7 Å². The summed E-state index contributed by atoms with van der Waals surface area (Å²) in [5.41, 5.74) is -0.369. The van der Waals surface area contributed by atoms with E-state index in [9.17, 15) is 19.3 Å². The third-order valence-corrected chi connectivity index (χ3v) is 2.86. The molecule has 0 heterocycles. The smallest absolute Gasteiger partial charge is 0.345 e. The Balaban J connectivity index is 2.14. The minimum Gasteiger partial charge on any atom is -0.457 e.